The Kier molecular flexibility index (Phi) is 4.31. The van der Waals surface area contributed by atoms with E-state index in [0.717, 1.165) is 6.26 Å². The zero-order valence-corrected chi connectivity index (χ0v) is 14.2. The monoisotopic (exact) mass is 346 g/mol. The molecule has 1 aromatic rings. The first-order chi connectivity index (χ1) is 10.0. The smallest absolute Gasteiger partial charge is 0.311 e. The van der Waals surface area contributed by atoms with Crippen LogP contribution < -0.4 is 4.90 Å². The molecule has 122 valence electrons. The Hall–Kier alpha value is -1.48. The minimum absolute atomic E-state index is 0.262. The number of nitro benzene ring substituents is 1. The molecular weight excluding hydrogens is 328 g/mol. The first kappa shape index (κ1) is 16.9. The van der Waals surface area contributed by atoms with Gasteiger partial charge in [0.25, 0.3) is 0 Å². The fraction of sp³-hybridized carbons (Fsp3) is 0.538. The third kappa shape index (κ3) is 3.14. The van der Waals surface area contributed by atoms with Gasteiger partial charge in [-0.05, 0) is 26.0 Å². The molecule has 22 heavy (non-hydrogen) atoms. The second-order valence-electron chi connectivity index (χ2n) is 5.88. The molecule has 0 saturated carbocycles. The number of benzene rings is 1. The van der Waals surface area contributed by atoms with Gasteiger partial charge < -0.3 is 4.90 Å². The molecule has 0 amide bonds. The van der Waals surface area contributed by atoms with Gasteiger partial charge in [-0.25, -0.2) is 8.42 Å². The van der Waals surface area contributed by atoms with Crippen LogP contribution in [0.15, 0.2) is 23.1 Å². The quantitative estimate of drug-likeness (QED) is 0.605. The van der Waals surface area contributed by atoms with Crippen molar-refractivity contribution in [2.45, 2.75) is 23.5 Å². The Balaban J connectivity index is 2.57. The SMILES string of the molecule is CC1(C)CN(c2cccc(S(C)(=O)=O)c2[N+](=O)[O-])CCS1=O. The average Bonchev–Trinajstić information content (AvgIpc) is 2.40. The van der Waals surface area contributed by atoms with E-state index in [4.69, 9.17) is 0 Å². The van der Waals surface area contributed by atoms with Crippen LogP contribution in [0.5, 0.6) is 0 Å². The van der Waals surface area contributed by atoms with Gasteiger partial charge >= 0.3 is 5.69 Å². The maximum absolute atomic E-state index is 12.0. The number of sulfone groups is 1. The van der Waals surface area contributed by atoms with Crippen LogP contribution in [0.3, 0.4) is 0 Å². The van der Waals surface area contributed by atoms with Gasteiger partial charge in [0, 0.05) is 35.9 Å². The number of hydrogen-bond donors (Lipinski definition) is 0. The highest BCUT2D eigenvalue weighted by Crippen LogP contribution is 2.36. The highest BCUT2D eigenvalue weighted by molar-refractivity contribution is 7.90. The molecule has 7 nitrogen and oxygen atoms in total. The van der Waals surface area contributed by atoms with Crippen molar-refractivity contribution >= 4 is 32.0 Å². The lowest BCUT2D eigenvalue weighted by Crippen LogP contribution is -2.50. The van der Waals surface area contributed by atoms with Gasteiger partial charge in [-0.1, -0.05) is 6.07 Å². The summed E-state index contributed by atoms with van der Waals surface area (Å²) in [6.07, 6.45) is 0.953. The summed E-state index contributed by atoms with van der Waals surface area (Å²) in [5.41, 5.74) is -0.147. The summed E-state index contributed by atoms with van der Waals surface area (Å²) in [6, 6.07) is 4.28. The van der Waals surface area contributed by atoms with E-state index in [1.807, 2.05) is 13.8 Å². The Bertz CT molecular complexity index is 743. The van der Waals surface area contributed by atoms with Crippen LogP contribution in [-0.2, 0) is 20.6 Å². The van der Waals surface area contributed by atoms with Crippen LogP contribution in [-0.4, -0.2) is 47.4 Å². The van der Waals surface area contributed by atoms with E-state index in [9.17, 15) is 22.7 Å². The minimum atomic E-state index is -3.71. The number of anilines is 1. The normalized spacial score (nSPS) is 21.6. The standard InChI is InChI=1S/C13H18N2O5S2/c1-13(2)9-14(7-8-21(13)18)10-5-4-6-11(22(3,19)20)12(10)15(16)17/h4-6H,7-9H2,1-3H3. The first-order valence-electron chi connectivity index (χ1n) is 6.65. The molecule has 1 aliphatic heterocycles. The second-order valence-corrected chi connectivity index (χ2v) is 10.1. The third-order valence-electron chi connectivity index (χ3n) is 3.64. The molecule has 2 rings (SSSR count). The molecule has 0 N–H and O–H groups in total. The van der Waals surface area contributed by atoms with Crippen molar-refractivity contribution in [3.05, 3.63) is 28.3 Å². The number of nitro groups is 1. The highest BCUT2D eigenvalue weighted by Gasteiger charge is 2.37. The molecule has 0 radical (unpaired) electrons. The summed E-state index contributed by atoms with van der Waals surface area (Å²) >= 11 is 0. The summed E-state index contributed by atoms with van der Waals surface area (Å²) in [5, 5.41) is 11.4. The molecule has 0 bridgehead atoms. The van der Waals surface area contributed by atoms with Crippen molar-refractivity contribution in [1.82, 2.24) is 0 Å². The molecular formula is C13H18N2O5S2. The average molecular weight is 346 g/mol. The van der Waals surface area contributed by atoms with Gasteiger partial charge in [0.05, 0.1) is 9.67 Å². The fourth-order valence-corrected chi connectivity index (χ4v) is 4.63. The summed E-state index contributed by atoms with van der Waals surface area (Å²) < 4.78 is 35.1. The van der Waals surface area contributed by atoms with E-state index in [1.54, 1.807) is 4.90 Å². The lowest BCUT2D eigenvalue weighted by Gasteiger charge is -2.38. The minimum Gasteiger partial charge on any atom is -0.364 e. The predicted octanol–water partition coefficient (Wildman–Crippen LogP) is 1.35. The first-order valence-corrected chi connectivity index (χ1v) is 9.86. The molecule has 0 aromatic heterocycles. The summed E-state index contributed by atoms with van der Waals surface area (Å²) in [5.74, 6) is 0.396. The van der Waals surface area contributed by atoms with E-state index in [2.05, 4.69) is 0 Å². The number of para-hydroxylation sites is 1. The highest BCUT2D eigenvalue weighted by atomic mass is 32.2. The van der Waals surface area contributed by atoms with Gasteiger partial charge in [0.15, 0.2) is 9.84 Å². The van der Waals surface area contributed by atoms with E-state index in [-0.39, 0.29) is 10.6 Å². The maximum atomic E-state index is 12.0. The summed E-state index contributed by atoms with van der Waals surface area (Å²) in [7, 11) is -4.72. The van der Waals surface area contributed by atoms with Gasteiger partial charge in [0.1, 0.15) is 10.6 Å². The molecule has 1 saturated heterocycles. The van der Waals surface area contributed by atoms with Crippen molar-refractivity contribution in [3.63, 3.8) is 0 Å². The second kappa shape index (κ2) is 5.62. The lowest BCUT2D eigenvalue weighted by molar-refractivity contribution is -0.387. The molecule has 0 spiro atoms. The summed E-state index contributed by atoms with van der Waals surface area (Å²) in [4.78, 5) is 12.2. The summed E-state index contributed by atoms with van der Waals surface area (Å²) in [6.45, 7) is 4.43. The largest absolute Gasteiger partial charge is 0.364 e. The molecule has 1 fully saturated rings. The van der Waals surface area contributed by atoms with E-state index >= 15 is 0 Å². The number of hydrogen-bond acceptors (Lipinski definition) is 6. The third-order valence-corrected chi connectivity index (χ3v) is 6.68. The topological polar surface area (TPSA) is 97.6 Å². The number of rotatable bonds is 3. The predicted molar refractivity (Wildman–Crippen MR) is 85.5 cm³/mol. The lowest BCUT2D eigenvalue weighted by atomic mass is 10.1. The Labute approximate surface area is 131 Å². The van der Waals surface area contributed by atoms with E-state index in [1.165, 1.54) is 18.2 Å². The van der Waals surface area contributed by atoms with Crippen LogP contribution >= 0.6 is 0 Å². The number of nitrogens with zero attached hydrogens (tertiary/aromatic N) is 2. The van der Waals surface area contributed by atoms with Crippen LogP contribution in [0.2, 0.25) is 0 Å². The van der Waals surface area contributed by atoms with E-state index < -0.39 is 36.0 Å². The fourth-order valence-electron chi connectivity index (χ4n) is 2.53. The van der Waals surface area contributed by atoms with Crippen molar-refractivity contribution in [2.24, 2.45) is 0 Å². The molecule has 1 aromatic carbocycles. The molecule has 0 aliphatic carbocycles. The van der Waals surface area contributed by atoms with Crippen LogP contribution in [0, 0.1) is 10.1 Å². The Morgan fingerprint density at radius 1 is 1.36 bits per heavy atom. The van der Waals surface area contributed by atoms with Gasteiger partial charge in [-0.15, -0.1) is 0 Å². The maximum Gasteiger partial charge on any atom is 0.311 e. The van der Waals surface area contributed by atoms with Crippen LogP contribution in [0.1, 0.15) is 13.8 Å². The van der Waals surface area contributed by atoms with Gasteiger partial charge in [0.2, 0.25) is 0 Å². The van der Waals surface area contributed by atoms with Crippen molar-refractivity contribution in [2.75, 3.05) is 30.0 Å². The molecule has 9 heteroatoms. The van der Waals surface area contributed by atoms with Crippen molar-refractivity contribution < 1.29 is 17.6 Å². The molecule has 1 heterocycles. The molecule has 1 aliphatic rings. The molecule has 1 unspecified atom stereocenters. The van der Waals surface area contributed by atoms with Crippen LogP contribution in [0.4, 0.5) is 11.4 Å². The molecule has 1 atom stereocenters. The van der Waals surface area contributed by atoms with Gasteiger partial charge in [-0.2, -0.15) is 0 Å². The Morgan fingerprint density at radius 2 is 2.00 bits per heavy atom. The van der Waals surface area contributed by atoms with Crippen molar-refractivity contribution in [1.29, 1.82) is 0 Å². The van der Waals surface area contributed by atoms with Crippen molar-refractivity contribution in [3.8, 4) is 0 Å². The zero-order valence-electron chi connectivity index (χ0n) is 12.6. The zero-order chi connectivity index (χ0) is 16.7. The van der Waals surface area contributed by atoms with Gasteiger partial charge in [-0.3, -0.25) is 14.3 Å². The Morgan fingerprint density at radius 3 is 2.50 bits per heavy atom. The van der Waals surface area contributed by atoms with Crippen LogP contribution in [0.25, 0.3) is 0 Å². The van der Waals surface area contributed by atoms with E-state index in [0.29, 0.717) is 18.8 Å².